The first kappa shape index (κ1) is 24.5. The highest BCUT2D eigenvalue weighted by atomic mass is 16.5. The first-order valence-electron chi connectivity index (χ1n) is 13.0. The van der Waals surface area contributed by atoms with E-state index in [-0.39, 0.29) is 17.9 Å². The molecule has 1 aromatic heterocycles. The Kier molecular flexibility index (Phi) is 6.13. The molecule has 1 amide bonds. The molecule has 7 nitrogen and oxygen atoms in total. The molecule has 6 rings (SSSR count). The molecule has 0 unspecified atom stereocenters. The summed E-state index contributed by atoms with van der Waals surface area (Å²) < 4.78 is 13.3. The molecular weight excluding hydrogens is 478 g/mol. The van der Waals surface area contributed by atoms with Gasteiger partial charge in [-0.1, -0.05) is 36.4 Å². The van der Waals surface area contributed by atoms with Crippen molar-refractivity contribution in [2.45, 2.75) is 18.0 Å². The van der Waals surface area contributed by atoms with Crippen LogP contribution in [-0.2, 0) is 19.0 Å². The van der Waals surface area contributed by atoms with Crippen LogP contribution in [0.5, 0.6) is 11.5 Å². The summed E-state index contributed by atoms with van der Waals surface area (Å²) in [5.74, 6) is 1.62. The number of aryl methyl sites for hydroxylation is 1. The Labute approximate surface area is 222 Å². The van der Waals surface area contributed by atoms with E-state index in [4.69, 9.17) is 9.47 Å². The molecule has 0 saturated carbocycles. The average molecular weight is 512 g/mol. The summed E-state index contributed by atoms with van der Waals surface area (Å²) in [7, 11) is 5.40. The van der Waals surface area contributed by atoms with E-state index in [2.05, 4.69) is 21.6 Å². The van der Waals surface area contributed by atoms with Crippen molar-refractivity contribution >= 4 is 16.8 Å². The second kappa shape index (κ2) is 9.49. The number of benzene rings is 3. The third-order valence-corrected chi connectivity index (χ3v) is 8.24. The van der Waals surface area contributed by atoms with Crippen molar-refractivity contribution in [2.75, 3.05) is 40.5 Å². The van der Waals surface area contributed by atoms with Crippen LogP contribution in [0.25, 0.3) is 10.9 Å². The number of carbonyl (C=O) groups is 1. The number of carbonyl (C=O) groups excluding carboxylic acids is 1. The number of hydrogen-bond donors (Lipinski definition) is 1. The first-order chi connectivity index (χ1) is 18.5. The largest absolute Gasteiger partial charge is 0.497 e. The van der Waals surface area contributed by atoms with E-state index < -0.39 is 6.04 Å². The summed E-state index contributed by atoms with van der Waals surface area (Å²) in [5.41, 5.74) is 4.82. The molecule has 0 bridgehead atoms. The van der Waals surface area contributed by atoms with Crippen LogP contribution in [-0.4, -0.2) is 65.8 Å². The minimum Gasteiger partial charge on any atom is -0.497 e. The first-order valence-corrected chi connectivity index (χ1v) is 13.0. The van der Waals surface area contributed by atoms with Gasteiger partial charge in [0.25, 0.3) is 5.91 Å². The van der Waals surface area contributed by atoms with Crippen LogP contribution in [0, 0.1) is 0 Å². The Morgan fingerprint density at radius 3 is 2.42 bits per heavy atom. The lowest BCUT2D eigenvalue weighted by atomic mass is 9.68. The lowest BCUT2D eigenvalue weighted by Crippen LogP contribution is -2.66. The van der Waals surface area contributed by atoms with Gasteiger partial charge in [0, 0.05) is 66.9 Å². The number of nitrogens with zero attached hydrogens (tertiary/aromatic N) is 3. The predicted molar refractivity (Wildman–Crippen MR) is 147 cm³/mol. The zero-order valence-electron chi connectivity index (χ0n) is 22.1. The molecule has 4 aromatic rings. The monoisotopic (exact) mass is 511 g/mol. The summed E-state index contributed by atoms with van der Waals surface area (Å²) in [6.45, 7) is 2.79. The van der Waals surface area contributed by atoms with Gasteiger partial charge in [-0.15, -0.1) is 0 Å². The molecule has 1 fully saturated rings. The Hall–Kier alpha value is -3.81. The third kappa shape index (κ3) is 3.77. The number of rotatable bonds is 6. The molecule has 3 aromatic carbocycles. The highest BCUT2D eigenvalue weighted by Crippen LogP contribution is 2.50. The van der Waals surface area contributed by atoms with Gasteiger partial charge in [-0.25, -0.2) is 0 Å². The lowest BCUT2D eigenvalue weighted by molar-refractivity contribution is -0.00508. The van der Waals surface area contributed by atoms with Gasteiger partial charge in [-0.05, 0) is 35.9 Å². The van der Waals surface area contributed by atoms with Crippen molar-refractivity contribution in [3.63, 3.8) is 0 Å². The molecule has 3 heterocycles. The molecule has 0 aliphatic carbocycles. The van der Waals surface area contributed by atoms with E-state index in [0.29, 0.717) is 12.1 Å². The highest BCUT2D eigenvalue weighted by Gasteiger charge is 2.54. The van der Waals surface area contributed by atoms with Gasteiger partial charge in [0.2, 0.25) is 0 Å². The molecule has 2 aliphatic rings. The third-order valence-electron chi connectivity index (χ3n) is 8.24. The van der Waals surface area contributed by atoms with Crippen LogP contribution in [0.3, 0.4) is 0 Å². The van der Waals surface area contributed by atoms with Crippen molar-refractivity contribution in [3.05, 3.63) is 95.2 Å². The molecule has 7 heteroatoms. The Morgan fingerprint density at radius 1 is 0.974 bits per heavy atom. The molecular formula is C31H33N3O4. The fourth-order valence-electron chi connectivity index (χ4n) is 6.57. The molecule has 1 N–H and O–H groups in total. The SMILES string of the molecule is COc1ccc2c3c(n(C)c2c1)[C@@H](CO)N(C(=O)c1ccccc1)CC31CN(Cc2ccccc2OC)C1. The normalized spacial score (nSPS) is 18.3. The van der Waals surface area contributed by atoms with Crippen LogP contribution in [0.2, 0.25) is 0 Å². The maximum absolute atomic E-state index is 13.8. The van der Waals surface area contributed by atoms with Crippen LogP contribution < -0.4 is 9.47 Å². The average Bonchev–Trinajstić information content (AvgIpc) is 3.24. The van der Waals surface area contributed by atoms with Crippen molar-refractivity contribution < 1.29 is 19.4 Å². The van der Waals surface area contributed by atoms with E-state index in [9.17, 15) is 9.90 Å². The van der Waals surface area contributed by atoms with Crippen LogP contribution >= 0.6 is 0 Å². The second-order valence-electron chi connectivity index (χ2n) is 10.4. The number of aromatic nitrogens is 1. The van der Waals surface area contributed by atoms with Crippen LogP contribution in [0.1, 0.15) is 33.2 Å². The van der Waals surface area contributed by atoms with Gasteiger partial charge in [0.1, 0.15) is 11.5 Å². The van der Waals surface area contributed by atoms with Gasteiger partial charge in [-0.3, -0.25) is 9.69 Å². The smallest absolute Gasteiger partial charge is 0.254 e. The summed E-state index contributed by atoms with van der Waals surface area (Å²) in [4.78, 5) is 18.1. The van der Waals surface area contributed by atoms with Gasteiger partial charge in [-0.2, -0.15) is 0 Å². The fraction of sp³-hybridized carbons (Fsp3) is 0.323. The Balaban J connectivity index is 1.44. The number of ether oxygens (including phenoxy) is 2. The summed E-state index contributed by atoms with van der Waals surface area (Å²) >= 11 is 0. The summed E-state index contributed by atoms with van der Waals surface area (Å²) in [6.07, 6.45) is 0. The minimum absolute atomic E-state index is 0.0549. The standard InChI is InChI=1S/C31H33N3O4/c1-32-25-15-23(37-2)13-14-24(25)28-29(32)26(17-35)34(30(36)21-9-5-4-6-10-21)20-31(28)18-33(19-31)16-22-11-7-8-12-27(22)38-3/h4-15,26,35H,16-20H2,1-3H3/t26-/m1/s1. The summed E-state index contributed by atoms with van der Waals surface area (Å²) in [5, 5.41) is 11.8. The van der Waals surface area contributed by atoms with Crippen LogP contribution in [0.4, 0.5) is 0 Å². The van der Waals surface area contributed by atoms with E-state index in [1.807, 2.05) is 72.6 Å². The quantitative estimate of drug-likeness (QED) is 0.422. The van der Waals surface area contributed by atoms with Crippen molar-refractivity contribution in [1.82, 2.24) is 14.4 Å². The zero-order chi connectivity index (χ0) is 26.4. The van der Waals surface area contributed by atoms with Gasteiger partial charge >= 0.3 is 0 Å². The Bertz CT molecular complexity index is 1490. The molecule has 196 valence electrons. The highest BCUT2D eigenvalue weighted by molar-refractivity contribution is 5.96. The van der Waals surface area contributed by atoms with Gasteiger partial charge in [0.15, 0.2) is 0 Å². The molecule has 1 saturated heterocycles. The van der Waals surface area contributed by atoms with Crippen molar-refractivity contribution in [3.8, 4) is 11.5 Å². The number of aliphatic hydroxyl groups excluding tert-OH is 1. The van der Waals surface area contributed by atoms with Crippen molar-refractivity contribution in [1.29, 1.82) is 0 Å². The van der Waals surface area contributed by atoms with Crippen LogP contribution in [0.15, 0.2) is 72.8 Å². The number of likely N-dealkylation sites (tertiary alicyclic amines) is 1. The number of amides is 1. The molecule has 2 aliphatic heterocycles. The zero-order valence-corrected chi connectivity index (χ0v) is 22.1. The number of fused-ring (bicyclic) bond motifs is 4. The Morgan fingerprint density at radius 2 is 1.71 bits per heavy atom. The molecule has 0 radical (unpaired) electrons. The van der Waals surface area contributed by atoms with E-state index >= 15 is 0 Å². The van der Waals surface area contributed by atoms with Gasteiger partial charge in [0.05, 0.1) is 32.4 Å². The van der Waals surface area contributed by atoms with E-state index in [1.54, 1.807) is 14.2 Å². The number of methoxy groups -OCH3 is 2. The maximum Gasteiger partial charge on any atom is 0.254 e. The summed E-state index contributed by atoms with van der Waals surface area (Å²) in [6, 6.07) is 23.2. The van der Waals surface area contributed by atoms with E-state index in [0.717, 1.165) is 53.3 Å². The van der Waals surface area contributed by atoms with Gasteiger partial charge < -0.3 is 24.0 Å². The topological polar surface area (TPSA) is 67.2 Å². The van der Waals surface area contributed by atoms with E-state index in [1.165, 1.54) is 5.56 Å². The lowest BCUT2D eigenvalue weighted by Gasteiger charge is -2.56. The predicted octanol–water partition coefficient (Wildman–Crippen LogP) is 4.14. The maximum atomic E-state index is 13.8. The number of hydrogen-bond acceptors (Lipinski definition) is 5. The number of aliphatic hydroxyl groups is 1. The molecule has 1 spiro atoms. The minimum atomic E-state index is -0.435. The molecule has 1 atom stereocenters. The van der Waals surface area contributed by atoms with Crippen molar-refractivity contribution in [2.24, 2.45) is 7.05 Å². The number of para-hydroxylation sites is 1. The fourth-order valence-corrected chi connectivity index (χ4v) is 6.57. The molecule has 38 heavy (non-hydrogen) atoms. The second-order valence-corrected chi connectivity index (χ2v) is 10.4.